The van der Waals surface area contributed by atoms with Crippen LogP contribution in [0.15, 0.2) is 24.3 Å². The highest BCUT2D eigenvalue weighted by atomic mass is 32.1. The highest BCUT2D eigenvalue weighted by Crippen LogP contribution is 2.14. The molecule has 1 aromatic carbocycles. The molecule has 0 saturated heterocycles. The van der Waals surface area contributed by atoms with Gasteiger partial charge in [0, 0.05) is 12.1 Å². The van der Waals surface area contributed by atoms with Crippen molar-refractivity contribution in [2.45, 2.75) is 13.3 Å². The van der Waals surface area contributed by atoms with Gasteiger partial charge in [-0.2, -0.15) is 0 Å². The number of hydrogen-bond acceptors (Lipinski definition) is 5. The number of rotatable bonds is 4. The molecule has 84 valence electrons. The fourth-order valence-corrected chi connectivity index (χ4v) is 1.95. The van der Waals surface area contributed by atoms with Gasteiger partial charge in [0.2, 0.25) is 0 Å². The minimum absolute atomic E-state index is 0.610. The molecule has 0 atom stereocenters. The minimum Gasteiger partial charge on any atom is -0.493 e. The van der Waals surface area contributed by atoms with Gasteiger partial charge in [0.05, 0.1) is 6.61 Å². The van der Waals surface area contributed by atoms with E-state index in [9.17, 15) is 0 Å². The minimum atomic E-state index is 0.610. The van der Waals surface area contributed by atoms with Crippen molar-refractivity contribution >= 4 is 17.0 Å². The average Bonchev–Trinajstić information content (AvgIpc) is 2.67. The van der Waals surface area contributed by atoms with E-state index >= 15 is 0 Å². The SMILES string of the molecule is Cc1nnc(CCOc2ccc(N)cc2)s1. The number of aryl methyl sites for hydroxylation is 1. The fourth-order valence-electron chi connectivity index (χ4n) is 1.26. The Bertz CT molecular complexity index is 453. The molecule has 0 saturated carbocycles. The normalized spacial score (nSPS) is 10.3. The molecule has 1 heterocycles. The van der Waals surface area contributed by atoms with Crippen LogP contribution in [-0.4, -0.2) is 16.8 Å². The summed E-state index contributed by atoms with van der Waals surface area (Å²) in [4.78, 5) is 0. The lowest BCUT2D eigenvalue weighted by Crippen LogP contribution is -2.01. The first-order valence-electron chi connectivity index (χ1n) is 5.01. The molecule has 0 fully saturated rings. The van der Waals surface area contributed by atoms with Gasteiger partial charge in [0.15, 0.2) is 0 Å². The third-order valence-corrected chi connectivity index (χ3v) is 2.93. The van der Waals surface area contributed by atoms with Crippen LogP contribution in [0.4, 0.5) is 5.69 Å². The molecule has 0 radical (unpaired) electrons. The molecule has 16 heavy (non-hydrogen) atoms. The van der Waals surface area contributed by atoms with E-state index in [1.807, 2.05) is 31.2 Å². The molecule has 1 aromatic heterocycles. The zero-order valence-corrected chi connectivity index (χ0v) is 9.83. The van der Waals surface area contributed by atoms with E-state index in [4.69, 9.17) is 10.5 Å². The highest BCUT2D eigenvalue weighted by Gasteiger charge is 2.00. The van der Waals surface area contributed by atoms with Crippen molar-refractivity contribution < 1.29 is 4.74 Å². The monoisotopic (exact) mass is 235 g/mol. The van der Waals surface area contributed by atoms with Crippen LogP contribution in [0.5, 0.6) is 5.75 Å². The van der Waals surface area contributed by atoms with E-state index in [1.54, 1.807) is 11.3 Å². The molecule has 0 unspecified atom stereocenters. The Labute approximate surface area is 98.1 Å². The van der Waals surface area contributed by atoms with Gasteiger partial charge in [-0.1, -0.05) is 0 Å². The number of benzene rings is 1. The second kappa shape index (κ2) is 4.94. The summed E-state index contributed by atoms with van der Waals surface area (Å²) in [6.07, 6.45) is 0.788. The predicted octanol–water partition coefficient (Wildman–Crippen LogP) is 2.05. The summed E-state index contributed by atoms with van der Waals surface area (Å²) in [6, 6.07) is 7.37. The van der Waals surface area contributed by atoms with Gasteiger partial charge >= 0.3 is 0 Å². The molecule has 0 spiro atoms. The summed E-state index contributed by atoms with van der Waals surface area (Å²) >= 11 is 1.60. The van der Waals surface area contributed by atoms with Crippen LogP contribution >= 0.6 is 11.3 Å². The number of ether oxygens (including phenoxy) is 1. The van der Waals surface area contributed by atoms with Gasteiger partial charge in [-0.05, 0) is 31.2 Å². The Morgan fingerprint density at radius 2 is 2.00 bits per heavy atom. The number of hydrogen-bond donors (Lipinski definition) is 1. The zero-order valence-electron chi connectivity index (χ0n) is 9.01. The summed E-state index contributed by atoms with van der Waals surface area (Å²) < 4.78 is 5.56. The molecule has 2 rings (SSSR count). The van der Waals surface area contributed by atoms with Crippen molar-refractivity contribution in [1.82, 2.24) is 10.2 Å². The van der Waals surface area contributed by atoms with Crippen LogP contribution in [0, 0.1) is 6.92 Å². The summed E-state index contributed by atoms with van der Waals surface area (Å²) in [6.45, 7) is 2.56. The summed E-state index contributed by atoms with van der Waals surface area (Å²) in [5, 5.41) is 9.98. The molecule has 0 bridgehead atoms. The Hall–Kier alpha value is -1.62. The average molecular weight is 235 g/mol. The van der Waals surface area contributed by atoms with Gasteiger partial charge in [0.1, 0.15) is 15.8 Å². The smallest absolute Gasteiger partial charge is 0.120 e. The molecule has 0 aliphatic carbocycles. The molecule has 0 aliphatic heterocycles. The van der Waals surface area contributed by atoms with E-state index in [0.29, 0.717) is 6.61 Å². The van der Waals surface area contributed by atoms with Gasteiger partial charge in [-0.25, -0.2) is 0 Å². The Morgan fingerprint density at radius 3 is 2.62 bits per heavy atom. The van der Waals surface area contributed by atoms with Gasteiger partial charge in [-0.3, -0.25) is 0 Å². The standard InChI is InChI=1S/C11H13N3OS/c1-8-13-14-11(16-8)6-7-15-10-4-2-9(12)3-5-10/h2-5H,6-7,12H2,1H3. The van der Waals surface area contributed by atoms with E-state index in [-0.39, 0.29) is 0 Å². The Morgan fingerprint density at radius 1 is 1.25 bits per heavy atom. The Balaban J connectivity index is 1.82. The summed E-state index contributed by atoms with van der Waals surface area (Å²) in [7, 11) is 0. The van der Waals surface area contributed by atoms with Crippen LogP contribution in [0.3, 0.4) is 0 Å². The van der Waals surface area contributed by atoms with Crippen LogP contribution in [0.25, 0.3) is 0 Å². The maximum Gasteiger partial charge on any atom is 0.120 e. The molecular formula is C11H13N3OS. The van der Waals surface area contributed by atoms with E-state index in [2.05, 4.69) is 10.2 Å². The van der Waals surface area contributed by atoms with Crippen molar-refractivity contribution in [3.63, 3.8) is 0 Å². The maximum absolute atomic E-state index is 5.58. The van der Waals surface area contributed by atoms with Gasteiger partial charge in [-0.15, -0.1) is 21.5 Å². The van der Waals surface area contributed by atoms with Crippen LogP contribution in [-0.2, 0) is 6.42 Å². The zero-order chi connectivity index (χ0) is 11.4. The molecule has 2 aromatic rings. The van der Waals surface area contributed by atoms with Crippen molar-refractivity contribution in [1.29, 1.82) is 0 Å². The molecule has 5 heteroatoms. The molecule has 0 aliphatic rings. The quantitative estimate of drug-likeness (QED) is 0.824. The fraction of sp³-hybridized carbons (Fsp3) is 0.273. The van der Waals surface area contributed by atoms with Gasteiger partial charge in [0.25, 0.3) is 0 Å². The van der Waals surface area contributed by atoms with Crippen molar-refractivity contribution in [3.05, 3.63) is 34.3 Å². The van der Waals surface area contributed by atoms with Crippen molar-refractivity contribution in [2.24, 2.45) is 0 Å². The van der Waals surface area contributed by atoms with E-state index in [1.165, 1.54) is 0 Å². The molecule has 4 nitrogen and oxygen atoms in total. The van der Waals surface area contributed by atoms with Gasteiger partial charge < -0.3 is 10.5 Å². The van der Waals surface area contributed by atoms with Crippen molar-refractivity contribution in [3.8, 4) is 5.75 Å². The molecule has 2 N–H and O–H groups in total. The van der Waals surface area contributed by atoms with Crippen LogP contribution in [0.1, 0.15) is 10.0 Å². The van der Waals surface area contributed by atoms with Crippen molar-refractivity contribution in [2.75, 3.05) is 12.3 Å². The lowest BCUT2D eigenvalue weighted by Gasteiger charge is -2.04. The van der Waals surface area contributed by atoms with E-state index in [0.717, 1.165) is 27.9 Å². The first-order valence-corrected chi connectivity index (χ1v) is 5.83. The van der Waals surface area contributed by atoms with E-state index < -0.39 is 0 Å². The third kappa shape index (κ3) is 2.93. The Kier molecular flexibility index (Phi) is 3.36. The number of nitrogens with zero attached hydrogens (tertiary/aromatic N) is 2. The largest absolute Gasteiger partial charge is 0.493 e. The maximum atomic E-state index is 5.58. The van der Waals surface area contributed by atoms with Crippen LogP contribution in [0.2, 0.25) is 0 Å². The number of nitrogens with two attached hydrogens (primary N) is 1. The summed E-state index contributed by atoms with van der Waals surface area (Å²) in [5.41, 5.74) is 6.32. The first-order chi connectivity index (χ1) is 7.74. The second-order valence-corrected chi connectivity index (χ2v) is 4.65. The highest BCUT2D eigenvalue weighted by molar-refractivity contribution is 7.11. The predicted molar refractivity (Wildman–Crippen MR) is 64.7 cm³/mol. The molecule has 0 amide bonds. The van der Waals surface area contributed by atoms with Crippen LogP contribution < -0.4 is 10.5 Å². The number of anilines is 1. The lowest BCUT2D eigenvalue weighted by atomic mass is 10.3. The second-order valence-electron chi connectivity index (χ2n) is 3.38. The third-order valence-electron chi connectivity index (χ3n) is 2.03. The first kappa shape index (κ1) is 10.9. The summed E-state index contributed by atoms with van der Waals surface area (Å²) in [5.74, 6) is 0.829. The topological polar surface area (TPSA) is 61.0 Å². The lowest BCUT2D eigenvalue weighted by molar-refractivity contribution is 0.321. The number of aromatic nitrogens is 2. The molecular weight excluding hydrogens is 222 g/mol. The number of nitrogen functional groups attached to an aromatic ring is 1.